The number of benzene rings is 3. The van der Waals surface area contributed by atoms with E-state index in [9.17, 15) is 18.0 Å². The summed E-state index contributed by atoms with van der Waals surface area (Å²) in [7, 11) is -1.46. The van der Waals surface area contributed by atoms with Crippen LogP contribution in [0.2, 0.25) is 5.02 Å². The van der Waals surface area contributed by atoms with Crippen molar-refractivity contribution in [2.24, 2.45) is 0 Å². The third-order valence-electron chi connectivity index (χ3n) is 6.44. The number of sulfonamides is 1. The molecule has 12 heteroatoms. The molecular weight excluding hydrogens is 582 g/mol. The summed E-state index contributed by atoms with van der Waals surface area (Å²) in [5, 5.41) is 3.26. The lowest BCUT2D eigenvalue weighted by atomic mass is 10.1. The molecule has 0 bridgehead atoms. The van der Waals surface area contributed by atoms with E-state index in [0.29, 0.717) is 29.7 Å². The largest absolute Gasteiger partial charge is 0.494 e. The average molecular weight is 618 g/mol. The minimum Gasteiger partial charge on any atom is -0.494 e. The molecule has 10 nitrogen and oxygen atoms in total. The molecule has 0 aromatic heterocycles. The van der Waals surface area contributed by atoms with Crippen molar-refractivity contribution in [3.63, 3.8) is 0 Å². The van der Waals surface area contributed by atoms with Gasteiger partial charge in [-0.25, -0.2) is 8.42 Å². The van der Waals surface area contributed by atoms with Crippen LogP contribution in [0, 0.1) is 0 Å². The van der Waals surface area contributed by atoms with Crippen LogP contribution in [0.25, 0.3) is 0 Å². The van der Waals surface area contributed by atoms with Gasteiger partial charge in [-0.05, 0) is 74.9 Å². The lowest BCUT2D eigenvalue weighted by Crippen LogP contribution is -2.51. The first-order valence-electron chi connectivity index (χ1n) is 13.3. The van der Waals surface area contributed by atoms with E-state index in [4.69, 9.17) is 25.8 Å². The van der Waals surface area contributed by atoms with Crippen LogP contribution in [0.4, 0.5) is 5.69 Å². The second kappa shape index (κ2) is 14.8. The number of methoxy groups -OCH3 is 2. The molecule has 0 aliphatic carbocycles. The van der Waals surface area contributed by atoms with Crippen molar-refractivity contribution >= 4 is 39.1 Å². The summed E-state index contributed by atoms with van der Waals surface area (Å²) in [5.41, 5.74) is 0.956. The number of nitrogens with one attached hydrogen (secondary N) is 1. The van der Waals surface area contributed by atoms with Crippen LogP contribution in [0.3, 0.4) is 0 Å². The summed E-state index contributed by atoms with van der Waals surface area (Å²) in [6.07, 6.45) is 0. The summed E-state index contributed by atoms with van der Waals surface area (Å²) < 4.78 is 45.3. The molecule has 3 rings (SSSR count). The first-order chi connectivity index (χ1) is 20.0. The van der Waals surface area contributed by atoms with Gasteiger partial charge in [-0.3, -0.25) is 13.9 Å². The minimum absolute atomic E-state index is 0.0574. The minimum atomic E-state index is -4.31. The van der Waals surface area contributed by atoms with Crippen LogP contribution in [-0.4, -0.2) is 65.1 Å². The molecule has 0 aliphatic rings. The third kappa shape index (κ3) is 7.86. The average Bonchev–Trinajstić information content (AvgIpc) is 2.99. The molecule has 0 saturated carbocycles. The molecule has 42 heavy (non-hydrogen) atoms. The van der Waals surface area contributed by atoms with Crippen LogP contribution in [0.5, 0.6) is 17.2 Å². The van der Waals surface area contributed by atoms with E-state index in [1.54, 1.807) is 62.4 Å². The molecule has 1 atom stereocenters. The molecule has 0 fully saturated rings. The van der Waals surface area contributed by atoms with Crippen molar-refractivity contribution in [1.29, 1.82) is 0 Å². The molecule has 0 spiro atoms. The van der Waals surface area contributed by atoms with Crippen molar-refractivity contribution in [3.8, 4) is 17.2 Å². The van der Waals surface area contributed by atoms with Crippen LogP contribution in [0.15, 0.2) is 71.6 Å². The first-order valence-corrected chi connectivity index (χ1v) is 15.2. The molecule has 0 radical (unpaired) electrons. The number of carbonyl (C=O) groups is 2. The lowest BCUT2D eigenvalue weighted by molar-refractivity contribution is -0.139. The molecule has 1 N–H and O–H groups in total. The van der Waals surface area contributed by atoms with Gasteiger partial charge in [0.05, 0.1) is 31.4 Å². The van der Waals surface area contributed by atoms with Gasteiger partial charge in [-0.15, -0.1) is 0 Å². The van der Waals surface area contributed by atoms with E-state index in [1.807, 2.05) is 6.92 Å². The highest BCUT2D eigenvalue weighted by Crippen LogP contribution is 2.33. The number of anilines is 1. The SMILES string of the molecule is CCNC(=O)[C@@H](C)N(Cc1ccc(Cl)cc1)C(=O)CN(c1ccc(OCC)cc1)S(=O)(=O)c1ccc(OC)c(OC)c1. The number of likely N-dealkylation sites (N-methyl/N-ethyl adjacent to an activating group) is 1. The Morgan fingerprint density at radius 1 is 0.929 bits per heavy atom. The van der Waals surface area contributed by atoms with Crippen molar-refractivity contribution in [1.82, 2.24) is 10.2 Å². The number of carbonyl (C=O) groups excluding carboxylic acids is 2. The number of hydrogen-bond donors (Lipinski definition) is 1. The summed E-state index contributed by atoms with van der Waals surface area (Å²) >= 11 is 6.04. The summed E-state index contributed by atoms with van der Waals surface area (Å²) in [4.78, 5) is 28.0. The number of amides is 2. The van der Waals surface area contributed by atoms with Gasteiger partial charge in [0.2, 0.25) is 11.8 Å². The Hall–Kier alpha value is -3.96. The molecule has 3 aromatic carbocycles. The zero-order valence-corrected chi connectivity index (χ0v) is 25.9. The van der Waals surface area contributed by atoms with Gasteiger partial charge in [0.25, 0.3) is 10.0 Å². The van der Waals surface area contributed by atoms with Crippen LogP contribution >= 0.6 is 11.6 Å². The highest BCUT2D eigenvalue weighted by Gasteiger charge is 2.33. The quantitative estimate of drug-likeness (QED) is 0.283. The molecule has 226 valence electrons. The predicted molar refractivity (Wildman–Crippen MR) is 162 cm³/mol. The van der Waals surface area contributed by atoms with Gasteiger partial charge in [-0.2, -0.15) is 0 Å². The van der Waals surface area contributed by atoms with Gasteiger partial charge in [-0.1, -0.05) is 23.7 Å². The summed E-state index contributed by atoms with van der Waals surface area (Å²) in [6, 6.07) is 16.6. The van der Waals surface area contributed by atoms with E-state index >= 15 is 0 Å². The third-order valence-corrected chi connectivity index (χ3v) is 8.46. The van der Waals surface area contributed by atoms with E-state index in [1.165, 1.54) is 37.3 Å². The highest BCUT2D eigenvalue weighted by atomic mass is 35.5. The van der Waals surface area contributed by atoms with E-state index in [0.717, 1.165) is 9.87 Å². The van der Waals surface area contributed by atoms with E-state index < -0.39 is 28.5 Å². The normalized spacial score (nSPS) is 11.8. The molecule has 0 aliphatic heterocycles. The van der Waals surface area contributed by atoms with Gasteiger partial charge in [0, 0.05) is 24.2 Å². The molecule has 0 heterocycles. The number of rotatable bonds is 14. The van der Waals surface area contributed by atoms with Crippen molar-refractivity contribution in [2.45, 2.75) is 38.3 Å². The zero-order valence-electron chi connectivity index (χ0n) is 24.3. The molecule has 0 saturated heterocycles. The number of halogens is 1. The standard InChI is InChI=1S/C30H36ClN3O7S/c1-6-32-30(36)21(3)33(19-22-8-10-23(31)11-9-22)29(35)20-34(24-12-14-25(15-13-24)41-7-2)42(37,38)26-16-17-27(39-4)28(18-26)40-5/h8-18,21H,6-7,19-20H2,1-5H3,(H,32,36)/t21-/m1/s1. The van der Waals surface area contributed by atoms with Crippen molar-refractivity contribution in [2.75, 3.05) is 38.2 Å². The zero-order chi connectivity index (χ0) is 30.9. The molecule has 3 aromatic rings. The summed E-state index contributed by atoms with van der Waals surface area (Å²) in [6.45, 7) is 5.50. The van der Waals surface area contributed by atoms with E-state index in [-0.39, 0.29) is 28.8 Å². The predicted octanol–water partition coefficient (Wildman–Crippen LogP) is 4.50. The fraction of sp³-hybridized carbons (Fsp3) is 0.333. The first kappa shape index (κ1) is 32.6. The lowest BCUT2D eigenvalue weighted by Gasteiger charge is -2.32. The monoisotopic (exact) mass is 617 g/mol. The Labute approximate surface area is 252 Å². The van der Waals surface area contributed by atoms with Gasteiger partial charge < -0.3 is 24.4 Å². The van der Waals surface area contributed by atoms with Crippen molar-refractivity contribution < 1.29 is 32.2 Å². The number of ether oxygens (including phenoxy) is 3. The maximum Gasteiger partial charge on any atom is 0.264 e. The second-order valence-corrected chi connectivity index (χ2v) is 11.5. The smallest absolute Gasteiger partial charge is 0.264 e. The fourth-order valence-corrected chi connectivity index (χ4v) is 5.76. The number of nitrogens with zero attached hydrogens (tertiary/aromatic N) is 2. The maximum atomic E-state index is 14.1. The van der Waals surface area contributed by atoms with Gasteiger partial charge in [0.1, 0.15) is 18.3 Å². The van der Waals surface area contributed by atoms with Crippen LogP contribution in [-0.2, 0) is 26.2 Å². The Balaban J connectivity index is 2.07. The Morgan fingerprint density at radius 2 is 1.57 bits per heavy atom. The van der Waals surface area contributed by atoms with Crippen LogP contribution < -0.4 is 23.8 Å². The van der Waals surface area contributed by atoms with Crippen molar-refractivity contribution in [3.05, 3.63) is 77.3 Å². The van der Waals surface area contributed by atoms with E-state index in [2.05, 4.69) is 5.32 Å². The Morgan fingerprint density at radius 3 is 2.14 bits per heavy atom. The van der Waals surface area contributed by atoms with Crippen LogP contribution in [0.1, 0.15) is 26.3 Å². The number of hydrogen-bond acceptors (Lipinski definition) is 7. The topological polar surface area (TPSA) is 114 Å². The second-order valence-electron chi connectivity index (χ2n) is 9.17. The molecule has 0 unspecified atom stereocenters. The Kier molecular flexibility index (Phi) is 11.5. The maximum absolute atomic E-state index is 14.1. The fourth-order valence-electron chi connectivity index (χ4n) is 4.20. The summed E-state index contributed by atoms with van der Waals surface area (Å²) in [5.74, 6) is 0.165. The van der Waals surface area contributed by atoms with Gasteiger partial charge in [0.15, 0.2) is 11.5 Å². The molecule has 2 amide bonds. The molecular formula is C30H36ClN3O7S. The highest BCUT2D eigenvalue weighted by molar-refractivity contribution is 7.92. The van der Waals surface area contributed by atoms with Gasteiger partial charge >= 0.3 is 0 Å². The Bertz CT molecular complexity index is 1470.